The van der Waals surface area contributed by atoms with Gasteiger partial charge in [0, 0.05) is 54.8 Å². The van der Waals surface area contributed by atoms with Gasteiger partial charge in [-0.2, -0.15) is 23.5 Å². The molecule has 0 amide bonds. The molecule has 0 aliphatic rings. The first-order valence-corrected chi connectivity index (χ1v) is 18.0. The van der Waals surface area contributed by atoms with Gasteiger partial charge in [0.05, 0.1) is 0 Å². The summed E-state index contributed by atoms with van der Waals surface area (Å²) in [6.07, 6.45) is 28.0. The normalized spacial score (nSPS) is 11.1. The largest absolute Gasteiger partial charge is 0.507 e. The number of benzene rings is 1. The zero-order valence-corrected chi connectivity index (χ0v) is 28.9. The predicted octanol–water partition coefficient (Wildman–Crippen LogP) is 11.6. The zero-order valence-electron chi connectivity index (χ0n) is 25.1. The van der Waals surface area contributed by atoms with Crippen molar-refractivity contribution in [2.24, 2.45) is 0 Å². The van der Waals surface area contributed by atoms with Crippen molar-refractivity contribution in [3.05, 3.63) is 28.8 Å². The van der Waals surface area contributed by atoms with Gasteiger partial charge < -0.3 is 5.11 Å². The number of unbranched alkanes of at least 4 members (excludes halogenated alkanes) is 18. The van der Waals surface area contributed by atoms with Crippen LogP contribution in [0.4, 0.5) is 0 Å². The summed E-state index contributed by atoms with van der Waals surface area (Å²) >= 11 is 4.06. The average Bonchev–Trinajstić information content (AvgIpc) is 2.88. The maximum atomic E-state index is 10.6. The number of rotatable bonds is 26. The van der Waals surface area contributed by atoms with Gasteiger partial charge in [-0.3, -0.25) is 0 Å². The average molecular weight is 577 g/mol. The van der Waals surface area contributed by atoms with Crippen molar-refractivity contribution >= 4 is 61.3 Å². The SMILES string of the molecule is CCCCCCCCCCCCSCc1cc(C)c(O)c(CSCCCCCCCCCCCC)c1.[Ca]. The van der Waals surface area contributed by atoms with E-state index in [0.29, 0.717) is 5.75 Å². The molecule has 0 fully saturated rings. The molecule has 1 nitrogen and oxygen atoms in total. The van der Waals surface area contributed by atoms with E-state index in [-0.39, 0.29) is 37.7 Å². The predicted molar refractivity (Wildman–Crippen MR) is 175 cm³/mol. The van der Waals surface area contributed by atoms with Crippen molar-refractivity contribution in [3.8, 4) is 5.75 Å². The van der Waals surface area contributed by atoms with E-state index in [2.05, 4.69) is 44.7 Å². The van der Waals surface area contributed by atoms with Gasteiger partial charge in [0.1, 0.15) is 5.75 Å². The number of phenols is 1. The van der Waals surface area contributed by atoms with Gasteiger partial charge >= 0.3 is 0 Å². The Kier molecular flexibility index (Phi) is 29.3. The van der Waals surface area contributed by atoms with Crippen molar-refractivity contribution < 1.29 is 5.11 Å². The van der Waals surface area contributed by atoms with E-state index < -0.39 is 0 Å². The van der Waals surface area contributed by atoms with Crippen LogP contribution in [0.25, 0.3) is 0 Å². The second-order valence-corrected chi connectivity index (χ2v) is 13.1. The van der Waals surface area contributed by atoms with Crippen molar-refractivity contribution in [2.45, 2.75) is 161 Å². The first-order valence-electron chi connectivity index (χ1n) is 15.7. The first-order chi connectivity index (χ1) is 17.7. The van der Waals surface area contributed by atoms with Gasteiger partial charge in [-0.15, -0.1) is 0 Å². The van der Waals surface area contributed by atoms with Crippen LogP contribution >= 0.6 is 23.5 Å². The molecule has 0 saturated carbocycles. The number of hydrogen-bond acceptors (Lipinski definition) is 3. The van der Waals surface area contributed by atoms with Gasteiger partial charge in [-0.25, -0.2) is 0 Å². The maximum Gasteiger partial charge on any atom is 0.122 e. The number of thioether (sulfide) groups is 2. The van der Waals surface area contributed by atoms with Gasteiger partial charge in [0.15, 0.2) is 0 Å². The summed E-state index contributed by atoms with van der Waals surface area (Å²) in [6, 6.07) is 4.46. The molecule has 1 aromatic rings. The van der Waals surface area contributed by atoms with E-state index in [1.807, 2.05) is 11.8 Å². The Bertz CT molecular complexity index is 623. The Morgan fingerprint density at radius 2 is 0.919 bits per heavy atom. The van der Waals surface area contributed by atoms with E-state index in [1.54, 1.807) is 0 Å². The minimum Gasteiger partial charge on any atom is -0.507 e. The van der Waals surface area contributed by atoms with Crippen molar-refractivity contribution in [2.75, 3.05) is 11.5 Å². The molecule has 2 radical (unpaired) electrons. The molecular formula is C33H60CaOS2. The minimum absolute atomic E-state index is 0. The number of aryl methyl sites for hydroxylation is 1. The van der Waals surface area contributed by atoms with E-state index in [1.165, 1.54) is 145 Å². The van der Waals surface area contributed by atoms with E-state index in [9.17, 15) is 5.11 Å². The summed E-state index contributed by atoms with van der Waals surface area (Å²) in [7, 11) is 0. The van der Waals surface area contributed by atoms with Gasteiger partial charge in [0.2, 0.25) is 0 Å². The first kappa shape index (κ1) is 38.0. The van der Waals surface area contributed by atoms with Crippen molar-refractivity contribution in [3.63, 3.8) is 0 Å². The quantitative estimate of drug-likeness (QED) is 0.0874. The van der Waals surface area contributed by atoms with Crippen LogP contribution in [0.2, 0.25) is 0 Å². The number of aromatic hydroxyl groups is 1. The van der Waals surface area contributed by atoms with Crippen LogP contribution in [0.15, 0.2) is 12.1 Å². The third-order valence-corrected chi connectivity index (χ3v) is 9.46. The summed E-state index contributed by atoms with van der Waals surface area (Å²) in [4.78, 5) is 0. The summed E-state index contributed by atoms with van der Waals surface area (Å²) in [5.41, 5.74) is 3.57. The Morgan fingerprint density at radius 3 is 1.35 bits per heavy atom. The molecule has 0 bridgehead atoms. The van der Waals surface area contributed by atoms with Crippen LogP contribution < -0.4 is 0 Å². The molecule has 4 heteroatoms. The minimum atomic E-state index is 0. The summed E-state index contributed by atoms with van der Waals surface area (Å²) < 4.78 is 0. The maximum absolute atomic E-state index is 10.6. The molecular weight excluding hydrogens is 517 g/mol. The van der Waals surface area contributed by atoms with Crippen LogP contribution in [0, 0.1) is 6.92 Å². The number of hydrogen-bond donors (Lipinski definition) is 1. The van der Waals surface area contributed by atoms with Crippen LogP contribution in [0.1, 0.15) is 159 Å². The van der Waals surface area contributed by atoms with Crippen molar-refractivity contribution in [1.29, 1.82) is 0 Å². The van der Waals surface area contributed by atoms with Gasteiger partial charge in [-0.1, -0.05) is 142 Å². The standard InChI is InChI=1S/C33H60OS2.Ca/c1-4-6-8-10-12-14-16-18-20-22-24-35-28-31-26-30(3)33(34)32(27-31)29-36-25-23-21-19-17-15-13-11-9-7-5-2;/h26-27,34H,4-25,28-29H2,1-3H3;. The molecule has 1 aromatic carbocycles. The summed E-state index contributed by atoms with van der Waals surface area (Å²) in [5, 5.41) is 10.6. The smallest absolute Gasteiger partial charge is 0.122 e. The molecule has 0 aliphatic heterocycles. The summed E-state index contributed by atoms with van der Waals surface area (Å²) in [5.74, 6) is 5.02. The van der Waals surface area contributed by atoms with Crippen LogP contribution in [0.5, 0.6) is 5.75 Å². The Labute approximate surface area is 270 Å². The number of phenolic OH excluding ortho intramolecular Hbond substituents is 1. The molecule has 0 aromatic heterocycles. The second-order valence-electron chi connectivity index (χ2n) is 10.9. The molecule has 1 rings (SSSR count). The molecule has 0 spiro atoms. The molecule has 37 heavy (non-hydrogen) atoms. The van der Waals surface area contributed by atoms with E-state index >= 15 is 0 Å². The monoisotopic (exact) mass is 576 g/mol. The molecule has 0 heterocycles. The fraction of sp³-hybridized carbons (Fsp3) is 0.818. The topological polar surface area (TPSA) is 20.2 Å². The van der Waals surface area contributed by atoms with Crippen molar-refractivity contribution in [1.82, 2.24) is 0 Å². The van der Waals surface area contributed by atoms with Crippen LogP contribution in [-0.4, -0.2) is 54.4 Å². The second kappa shape index (κ2) is 28.5. The Balaban J connectivity index is 0.0000130. The third kappa shape index (κ3) is 22.4. The molecule has 0 saturated heterocycles. The molecule has 212 valence electrons. The Hall–Kier alpha value is 0.980. The van der Waals surface area contributed by atoms with E-state index in [0.717, 1.165) is 22.6 Å². The molecule has 0 atom stereocenters. The van der Waals surface area contributed by atoms with Gasteiger partial charge in [-0.05, 0) is 42.4 Å². The molecule has 0 unspecified atom stereocenters. The summed E-state index contributed by atoms with van der Waals surface area (Å²) in [6.45, 7) is 6.64. The molecule has 0 aliphatic carbocycles. The Morgan fingerprint density at radius 1 is 0.541 bits per heavy atom. The third-order valence-electron chi connectivity index (χ3n) is 7.25. The fourth-order valence-electron chi connectivity index (χ4n) is 4.88. The van der Waals surface area contributed by atoms with Crippen LogP contribution in [0.3, 0.4) is 0 Å². The van der Waals surface area contributed by atoms with E-state index in [4.69, 9.17) is 0 Å². The molecule has 1 N–H and O–H groups in total. The van der Waals surface area contributed by atoms with Gasteiger partial charge in [0.25, 0.3) is 0 Å². The van der Waals surface area contributed by atoms with Crippen LogP contribution in [-0.2, 0) is 11.5 Å². The zero-order chi connectivity index (χ0) is 26.1. The fourth-order valence-corrected chi connectivity index (χ4v) is 6.83.